The molecule has 3 rings (SSSR count). The molecule has 21 heavy (non-hydrogen) atoms. The van der Waals surface area contributed by atoms with Gasteiger partial charge < -0.3 is 5.32 Å². The van der Waals surface area contributed by atoms with Crippen molar-refractivity contribution in [2.75, 3.05) is 5.32 Å². The van der Waals surface area contributed by atoms with Crippen LogP contribution in [0.1, 0.15) is 5.56 Å². The first-order valence-electron chi connectivity index (χ1n) is 6.38. The minimum atomic E-state index is -0.416. The lowest BCUT2D eigenvalue weighted by Crippen LogP contribution is -2.00. The van der Waals surface area contributed by atoms with Crippen molar-refractivity contribution in [3.05, 3.63) is 58.5 Å². The Bertz CT molecular complexity index is 812. The van der Waals surface area contributed by atoms with Crippen LogP contribution in [0.25, 0.3) is 10.9 Å². The number of para-hydroxylation sites is 1. The first-order valence-corrected chi connectivity index (χ1v) is 6.38. The fourth-order valence-electron chi connectivity index (χ4n) is 2.22. The molecule has 2 heterocycles. The summed E-state index contributed by atoms with van der Waals surface area (Å²) < 4.78 is 1.73. The number of aryl methyl sites for hydroxylation is 1. The van der Waals surface area contributed by atoms with Crippen molar-refractivity contribution in [3.8, 4) is 0 Å². The standard InChI is InChI=1S/C14H13N5O2/c1-18-9-10(8-17-18)7-16-12-5-6-15-14-11(12)3-2-4-13(14)19(20)21/h2-6,8-9H,7H2,1H3,(H,15,16). The number of nitrogens with one attached hydrogen (secondary N) is 1. The van der Waals surface area contributed by atoms with E-state index in [-0.39, 0.29) is 5.69 Å². The fourth-order valence-corrected chi connectivity index (χ4v) is 2.22. The van der Waals surface area contributed by atoms with Crippen molar-refractivity contribution in [2.45, 2.75) is 6.54 Å². The smallest absolute Gasteiger partial charge is 0.295 e. The molecule has 0 spiro atoms. The molecule has 7 heteroatoms. The number of fused-ring (bicyclic) bond motifs is 1. The highest BCUT2D eigenvalue weighted by molar-refractivity contribution is 5.96. The van der Waals surface area contributed by atoms with Crippen LogP contribution < -0.4 is 5.32 Å². The van der Waals surface area contributed by atoms with Gasteiger partial charge in [-0.3, -0.25) is 14.8 Å². The van der Waals surface area contributed by atoms with Crippen LogP contribution in [0.5, 0.6) is 0 Å². The first-order chi connectivity index (χ1) is 10.1. The number of pyridine rings is 1. The van der Waals surface area contributed by atoms with Gasteiger partial charge in [0, 0.05) is 48.7 Å². The molecule has 0 aliphatic carbocycles. The number of anilines is 1. The van der Waals surface area contributed by atoms with E-state index in [0.29, 0.717) is 12.1 Å². The van der Waals surface area contributed by atoms with Crippen LogP contribution in [0.15, 0.2) is 42.9 Å². The lowest BCUT2D eigenvalue weighted by atomic mass is 10.1. The van der Waals surface area contributed by atoms with Gasteiger partial charge in [0.1, 0.15) is 5.52 Å². The number of aromatic nitrogens is 3. The van der Waals surface area contributed by atoms with Gasteiger partial charge in [-0.1, -0.05) is 12.1 Å². The van der Waals surface area contributed by atoms with Gasteiger partial charge in [0.05, 0.1) is 11.1 Å². The molecule has 106 valence electrons. The second-order valence-corrected chi connectivity index (χ2v) is 4.66. The molecule has 7 nitrogen and oxygen atoms in total. The third-order valence-corrected chi connectivity index (χ3v) is 3.19. The predicted octanol–water partition coefficient (Wildman–Crippen LogP) is 2.49. The highest BCUT2D eigenvalue weighted by atomic mass is 16.6. The third kappa shape index (κ3) is 2.53. The van der Waals surface area contributed by atoms with Gasteiger partial charge in [-0.25, -0.2) is 4.98 Å². The number of benzene rings is 1. The highest BCUT2D eigenvalue weighted by Crippen LogP contribution is 2.28. The summed E-state index contributed by atoms with van der Waals surface area (Å²) in [6.45, 7) is 0.593. The van der Waals surface area contributed by atoms with Crippen molar-refractivity contribution in [1.29, 1.82) is 0 Å². The Balaban J connectivity index is 1.95. The van der Waals surface area contributed by atoms with E-state index in [1.165, 1.54) is 6.07 Å². The molecule has 0 radical (unpaired) electrons. The van der Waals surface area contributed by atoms with Gasteiger partial charge in [0.15, 0.2) is 0 Å². The zero-order valence-electron chi connectivity index (χ0n) is 11.4. The molecule has 0 fully saturated rings. The van der Waals surface area contributed by atoms with Crippen molar-refractivity contribution >= 4 is 22.3 Å². The summed E-state index contributed by atoms with van der Waals surface area (Å²) in [7, 11) is 1.86. The molecular weight excluding hydrogens is 270 g/mol. The predicted molar refractivity (Wildman–Crippen MR) is 78.9 cm³/mol. The number of hydrogen-bond donors (Lipinski definition) is 1. The normalized spacial score (nSPS) is 10.7. The Labute approximate surface area is 120 Å². The van der Waals surface area contributed by atoms with E-state index in [4.69, 9.17) is 0 Å². The zero-order chi connectivity index (χ0) is 14.8. The lowest BCUT2D eigenvalue weighted by Gasteiger charge is -2.08. The fraction of sp³-hybridized carbons (Fsp3) is 0.143. The summed E-state index contributed by atoms with van der Waals surface area (Å²) in [5.41, 5.74) is 2.25. The first kappa shape index (κ1) is 13.0. The van der Waals surface area contributed by atoms with Crippen LogP contribution in [0, 0.1) is 10.1 Å². The number of nitrogens with zero attached hydrogens (tertiary/aromatic N) is 4. The highest BCUT2D eigenvalue weighted by Gasteiger charge is 2.14. The van der Waals surface area contributed by atoms with Gasteiger partial charge in [-0.2, -0.15) is 5.10 Å². The quantitative estimate of drug-likeness (QED) is 0.587. The molecule has 0 saturated heterocycles. The molecule has 1 N–H and O–H groups in total. The van der Waals surface area contributed by atoms with Gasteiger partial charge in [0.2, 0.25) is 0 Å². The van der Waals surface area contributed by atoms with Gasteiger partial charge in [-0.15, -0.1) is 0 Å². The van der Waals surface area contributed by atoms with E-state index >= 15 is 0 Å². The van der Waals surface area contributed by atoms with E-state index in [1.54, 1.807) is 23.1 Å². The lowest BCUT2D eigenvalue weighted by molar-refractivity contribution is -0.383. The Kier molecular flexibility index (Phi) is 3.23. The maximum atomic E-state index is 11.0. The van der Waals surface area contributed by atoms with E-state index < -0.39 is 4.92 Å². The van der Waals surface area contributed by atoms with Crippen molar-refractivity contribution in [2.24, 2.45) is 7.05 Å². The molecule has 2 aromatic heterocycles. The largest absolute Gasteiger partial charge is 0.380 e. The summed E-state index contributed by atoms with van der Waals surface area (Å²) in [6, 6.07) is 6.75. The monoisotopic (exact) mass is 283 g/mol. The van der Waals surface area contributed by atoms with Crippen LogP contribution in [0.2, 0.25) is 0 Å². The van der Waals surface area contributed by atoms with Crippen LogP contribution in [0.3, 0.4) is 0 Å². The summed E-state index contributed by atoms with van der Waals surface area (Å²) in [6.07, 6.45) is 5.26. The molecular formula is C14H13N5O2. The molecule has 0 bridgehead atoms. The van der Waals surface area contributed by atoms with Gasteiger partial charge in [0.25, 0.3) is 5.69 Å². The number of rotatable bonds is 4. The summed E-state index contributed by atoms with van der Waals surface area (Å²) in [5.74, 6) is 0. The Morgan fingerprint density at radius 2 is 2.24 bits per heavy atom. The average Bonchev–Trinajstić information content (AvgIpc) is 2.90. The van der Waals surface area contributed by atoms with Crippen LogP contribution in [0.4, 0.5) is 11.4 Å². The number of nitro groups is 1. The summed E-state index contributed by atoms with van der Waals surface area (Å²) in [5, 5.41) is 19.1. The van der Waals surface area contributed by atoms with Crippen molar-refractivity contribution in [1.82, 2.24) is 14.8 Å². The van der Waals surface area contributed by atoms with Crippen LogP contribution in [-0.4, -0.2) is 19.7 Å². The van der Waals surface area contributed by atoms with E-state index in [2.05, 4.69) is 15.4 Å². The summed E-state index contributed by atoms with van der Waals surface area (Å²) >= 11 is 0. The number of nitro benzene ring substituents is 1. The van der Waals surface area contributed by atoms with E-state index in [9.17, 15) is 10.1 Å². The molecule has 0 aliphatic rings. The SMILES string of the molecule is Cn1cc(CNc2ccnc3c([N+](=O)[O-])cccc23)cn1. The van der Waals surface area contributed by atoms with Crippen LogP contribution in [-0.2, 0) is 13.6 Å². The zero-order valence-corrected chi connectivity index (χ0v) is 11.4. The average molecular weight is 283 g/mol. The maximum Gasteiger partial charge on any atom is 0.295 e. The maximum absolute atomic E-state index is 11.0. The minimum Gasteiger partial charge on any atom is -0.380 e. The van der Waals surface area contributed by atoms with Crippen molar-refractivity contribution in [3.63, 3.8) is 0 Å². The number of hydrogen-bond acceptors (Lipinski definition) is 5. The molecule has 0 amide bonds. The van der Waals surface area contributed by atoms with Crippen LogP contribution >= 0.6 is 0 Å². The van der Waals surface area contributed by atoms with Crippen molar-refractivity contribution < 1.29 is 4.92 Å². The molecule has 0 aliphatic heterocycles. The molecule has 0 unspecified atom stereocenters. The Hall–Kier alpha value is -2.96. The molecule has 1 aromatic carbocycles. The topological polar surface area (TPSA) is 85.9 Å². The van der Waals surface area contributed by atoms with Gasteiger partial charge >= 0.3 is 0 Å². The van der Waals surface area contributed by atoms with Gasteiger partial charge in [-0.05, 0) is 6.07 Å². The van der Waals surface area contributed by atoms with E-state index in [0.717, 1.165) is 16.6 Å². The second kappa shape index (κ2) is 5.20. The molecule has 3 aromatic rings. The number of non-ortho nitro benzene ring substituents is 1. The Morgan fingerprint density at radius 1 is 1.38 bits per heavy atom. The Morgan fingerprint density at radius 3 is 2.95 bits per heavy atom. The molecule has 0 saturated carbocycles. The second-order valence-electron chi connectivity index (χ2n) is 4.66. The summed E-state index contributed by atoms with van der Waals surface area (Å²) in [4.78, 5) is 14.8. The minimum absolute atomic E-state index is 0.0116. The van der Waals surface area contributed by atoms with E-state index in [1.807, 2.05) is 25.4 Å². The third-order valence-electron chi connectivity index (χ3n) is 3.19. The molecule has 0 atom stereocenters.